The van der Waals surface area contributed by atoms with Gasteiger partial charge in [-0.25, -0.2) is 0 Å². The molecule has 0 atom stereocenters. The van der Waals surface area contributed by atoms with E-state index in [9.17, 15) is 5.21 Å². The van der Waals surface area contributed by atoms with Gasteiger partial charge < -0.3 is 25.2 Å². The van der Waals surface area contributed by atoms with Crippen LogP contribution < -0.4 is 9.47 Å². The number of hydrogen-bond acceptors (Lipinski definition) is 5. The topological polar surface area (TPSA) is 89.5 Å². The molecule has 2 N–H and O–H groups in total. The number of pyridine rings is 1. The van der Waals surface area contributed by atoms with Crippen LogP contribution in [0.15, 0.2) is 18.5 Å². The summed E-state index contributed by atoms with van der Waals surface area (Å²) in [5.41, 5.74) is 0.873. The molecule has 1 aromatic rings. The highest BCUT2D eigenvalue weighted by Gasteiger charge is 2.10. The summed E-state index contributed by atoms with van der Waals surface area (Å²) in [5.74, 6) is 0.415. The summed E-state index contributed by atoms with van der Waals surface area (Å²) in [6.45, 7) is 0.453. The highest BCUT2D eigenvalue weighted by atomic mass is 16.5. The van der Waals surface area contributed by atoms with Gasteiger partial charge in [-0.05, 0) is 0 Å². The minimum Gasteiger partial charge on any atom is -0.619 e. The summed E-state index contributed by atoms with van der Waals surface area (Å²) in [7, 11) is 1.56. The zero-order valence-electron chi connectivity index (χ0n) is 9.68. The molecule has 6 nitrogen and oxygen atoms in total. The van der Waals surface area contributed by atoms with Crippen molar-refractivity contribution in [2.45, 2.75) is 6.42 Å². The Hall–Kier alpha value is -1.66. The van der Waals surface area contributed by atoms with E-state index in [0.29, 0.717) is 29.3 Å². The molecular weight excluding hydrogens is 224 g/mol. The van der Waals surface area contributed by atoms with Gasteiger partial charge in [0.05, 0.1) is 13.2 Å². The van der Waals surface area contributed by atoms with E-state index in [1.165, 1.54) is 12.4 Å². The van der Waals surface area contributed by atoms with Crippen LogP contribution in [0.25, 0.3) is 0 Å². The van der Waals surface area contributed by atoms with Gasteiger partial charge in [0.15, 0.2) is 11.9 Å². The van der Waals surface area contributed by atoms with Crippen molar-refractivity contribution in [1.29, 1.82) is 5.41 Å². The van der Waals surface area contributed by atoms with E-state index in [-0.39, 0.29) is 18.7 Å². The number of methoxy groups -OCH3 is 1. The molecule has 1 aromatic heterocycles. The zero-order chi connectivity index (χ0) is 12.7. The van der Waals surface area contributed by atoms with Crippen molar-refractivity contribution < 1.29 is 19.3 Å². The van der Waals surface area contributed by atoms with E-state index in [0.717, 1.165) is 0 Å². The number of aliphatic hydroxyl groups excluding tert-OH is 1. The van der Waals surface area contributed by atoms with Gasteiger partial charge in [-0.3, -0.25) is 0 Å². The smallest absolute Gasteiger partial charge is 0.222 e. The van der Waals surface area contributed by atoms with E-state index in [2.05, 4.69) is 0 Å². The SMILES string of the molecule is COCCOc1c[n+]([O-])ccc1CC(=N)CO. The molecule has 1 rings (SSSR count). The lowest BCUT2D eigenvalue weighted by Gasteiger charge is -2.10. The van der Waals surface area contributed by atoms with Crippen LogP contribution in [0.4, 0.5) is 0 Å². The largest absolute Gasteiger partial charge is 0.619 e. The van der Waals surface area contributed by atoms with Crippen molar-refractivity contribution in [3.63, 3.8) is 0 Å². The third-order valence-corrected chi connectivity index (χ3v) is 2.12. The summed E-state index contributed by atoms with van der Waals surface area (Å²) in [4.78, 5) is 0. The van der Waals surface area contributed by atoms with Gasteiger partial charge in [0.2, 0.25) is 6.20 Å². The van der Waals surface area contributed by atoms with Crippen LogP contribution in [0, 0.1) is 10.6 Å². The Labute approximate surface area is 99.5 Å². The third-order valence-electron chi connectivity index (χ3n) is 2.12. The Morgan fingerprint density at radius 3 is 2.94 bits per heavy atom. The molecule has 0 amide bonds. The Bertz CT molecular complexity index is 382. The second-order valence-electron chi connectivity index (χ2n) is 3.47. The molecule has 6 heteroatoms. The minimum absolute atomic E-state index is 0.172. The van der Waals surface area contributed by atoms with Crippen molar-refractivity contribution in [3.8, 4) is 5.75 Å². The summed E-state index contributed by atoms with van der Waals surface area (Å²) in [6, 6.07) is 1.58. The molecule has 0 radical (unpaired) electrons. The molecule has 94 valence electrons. The Kier molecular flexibility index (Phi) is 5.38. The maximum atomic E-state index is 11.1. The highest BCUT2D eigenvalue weighted by molar-refractivity contribution is 5.85. The molecule has 0 aliphatic heterocycles. The first kappa shape index (κ1) is 13.4. The zero-order valence-corrected chi connectivity index (χ0v) is 9.68. The molecule has 17 heavy (non-hydrogen) atoms. The first-order chi connectivity index (χ1) is 8.17. The predicted molar refractivity (Wildman–Crippen MR) is 61.3 cm³/mol. The molecule has 0 saturated heterocycles. The first-order valence-corrected chi connectivity index (χ1v) is 5.18. The van der Waals surface area contributed by atoms with Crippen LogP contribution in [0.1, 0.15) is 5.56 Å². The first-order valence-electron chi connectivity index (χ1n) is 5.18. The van der Waals surface area contributed by atoms with Gasteiger partial charge in [0.25, 0.3) is 0 Å². The third kappa shape index (κ3) is 4.38. The molecule has 0 fully saturated rings. The van der Waals surface area contributed by atoms with Gasteiger partial charge in [-0.2, -0.15) is 4.73 Å². The Morgan fingerprint density at radius 1 is 1.53 bits per heavy atom. The number of nitrogens with zero attached hydrogens (tertiary/aromatic N) is 1. The number of aromatic nitrogens is 1. The fourth-order valence-electron chi connectivity index (χ4n) is 1.28. The predicted octanol–water partition coefficient (Wildman–Crippen LogP) is -0.100. The second kappa shape index (κ2) is 6.82. The van der Waals surface area contributed by atoms with Crippen LogP contribution in [0.5, 0.6) is 5.75 Å². The number of aliphatic hydroxyl groups is 1. The van der Waals surface area contributed by atoms with E-state index >= 15 is 0 Å². The summed E-state index contributed by atoms with van der Waals surface area (Å²) in [6.07, 6.45) is 2.90. The minimum atomic E-state index is -0.302. The molecule has 0 spiro atoms. The van der Waals surface area contributed by atoms with Crippen LogP contribution in [-0.4, -0.2) is 37.7 Å². The van der Waals surface area contributed by atoms with Gasteiger partial charge in [0.1, 0.15) is 6.61 Å². The van der Waals surface area contributed by atoms with Gasteiger partial charge >= 0.3 is 0 Å². The normalized spacial score (nSPS) is 10.2. The van der Waals surface area contributed by atoms with Crippen molar-refractivity contribution in [2.75, 3.05) is 26.9 Å². The van der Waals surface area contributed by atoms with E-state index in [4.69, 9.17) is 20.0 Å². The monoisotopic (exact) mass is 240 g/mol. The molecule has 0 aliphatic rings. The van der Waals surface area contributed by atoms with Crippen LogP contribution in [0.2, 0.25) is 0 Å². The summed E-state index contributed by atoms with van der Waals surface area (Å²) < 4.78 is 10.9. The number of hydrogen-bond donors (Lipinski definition) is 2. The molecule has 0 unspecified atom stereocenters. The Balaban J connectivity index is 2.76. The maximum Gasteiger partial charge on any atom is 0.222 e. The molecule has 0 saturated carbocycles. The second-order valence-corrected chi connectivity index (χ2v) is 3.47. The molecule has 0 aliphatic carbocycles. The number of nitrogens with one attached hydrogen (secondary N) is 1. The van der Waals surface area contributed by atoms with E-state index in [1.807, 2.05) is 0 Å². The standard InChI is InChI=1S/C11H16N2O4/c1-16-4-5-17-11-7-13(15)3-2-9(11)6-10(12)8-14/h2-3,7,12,14H,4-6,8H2,1H3. The van der Waals surface area contributed by atoms with Gasteiger partial charge in [-0.15, -0.1) is 0 Å². The van der Waals surface area contributed by atoms with Crippen LogP contribution in [-0.2, 0) is 11.2 Å². The van der Waals surface area contributed by atoms with Crippen LogP contribution >= 0.6 is 0 Å². The lowest BCUT2D eigenvalue weighted by Crippen LogP contribution is -2.26. The average Bonchev–Trinajstić information content (AvgIpc) is 2.32. The van der Waals surface area contributed by atoms with E-state index < -0.39 is 0 Å². The summed E-state index contributed by atoms with van der Waals surface area (Å²) in [5, 5.41) is 27.4. The fraction of sp³-hybridized carbons (Fsp3) is 0.455. The lowest BCUT2D eigenvalue weighted by molar-refractivity contribution is -0.605. The average molecular weight is 240 g/mol. The van der Waals surface area contributed by atoms with Crippen molar-refractivity contribution >= 4 is 5.71 Å². The van der Waals surface area contributed by atoms with Crippen molar-refractivity contribution in [3.05, 3.63) is 29.2 Å². The van der Waals surface area contributed by atoms with Crippen molar-refractivity contribution in [1.82, 2.24) is 0 Å². The molecule has 0 aromatic carbocycles. The Morgan fingerprint density at radius 2 is 2.29 bits per heavy atom. The highest BCUT2D eigenvalue weighted by Crippen LogP contribution is 2.16. The lowest BCUT2D eigenvalue weighted by atomic mass is 10.1. The van der Waals surface area contributed by atoms with Gasteiger partial charge in [-0.1, -0.05) is 0 Å². The number of ether oxygens (including phenoxy) is 2. The quantitative estimate of drug-likeness (QED) is 0.301. The molecule has 0 bridgehead atoms. The van der Waals surface area contributed by atoms with Gasteiger partial charge in [0, 0.05) is 30.9 Å². The molecule has 1 heterocycles. The van der Waals surface area contributed by atoms with E-state index in [1.54, 1.807) is 13.2 Å². The van der Waals surface area contributed by atoms with Crippen molar-refractivity contribution in [2.24, 2.45) is 0 Å². The van der Waals surface area contributed by atoms with Crippen LogP contribution in [0.3, 0.4) is 0 Å². The fourth-order valence-corrected chi connectivity index (χ4v) is 1.28. The number of rotatable bonds is 7. The maximum absolute atomic E-state index is 11.1. The summed E-state index contributed by atoms with van der Waals surface area (Å²) >= 11 is 0. The molecular formula is C11H16N2O4.